The van der Waals surface area contributed by atoms with Crippen LogP contribution in [0.25, 0.3) is 0 Å². The Hall–Kier alpha value is -1.46. The second-order valence-corrected chi connectivity index (χ2v) is 5.10. The molecule has 1 saturated heterocycles. The van der Waals surface area contributed by atoms with Gasteiger partial charge in [-0.3, -0.25) is 4.90 Å². The molecule has 0 aromatic heterocycles. The zero-order valence-corrected chi connectivity index (χ0v) is 12.2. The highest BCUT2D eigenvalue weighted by Crippen LogP contribution is 2.26. The van der Waals surface area contributed by atoms with Gasteiger partial charge in [0.2, 0.25) is 0 Å². The van der Waals surface area contributed by atoms with Gasteiger partial charge < -0.3 is 20.5 Å². The molecule has 0 unspecified atom stereocenters. The fraction of sp³-hybridized carbons (Fsp3) is 0.600. The van der Waals surface area contributed by atoms with Gasteiger partial charge in [0.25, 0.3) is 0 Å². The van der Waals surface area contributed by atoms with E-state index in [-0.39, 0.29) is 6.61 Å². The normalized spacial score (nSPS) is 17.0. The monoisotopic (exact) mass is 279 g/mol. The number of rotatable bonds is 5. The molecule has 0 aliphatic carbocycles. The van der Waals surface area contributed by atoms with Crippen LogP contribution in [0.3, 0.4) is 0 Å². The SMILES string of the molecule is CCOc1cc(N)cc(N2CCCN(CCO)CC2)c1. The number of ether oxygens (including phenoxy) is 1. The molecule has 20 heavy (non-hydrogen) atoms. The fourth-order valence-electron chi connectivity index (χ4n) is 2.63. The van der Waals surface area contributed by atoms with Crippen molar-refractivity contribution in [3.05, 3.63) is 18.2 Å². The zero-order valence-electron chi connectivity index (χ0n) is 12.2. The van der Waals surface area contributed by atoms with E-state index in [2.05, 4.69) is 15.9 Å². The first kappa shape index (κ1) is 14.9. The molecule has 112 valence electrons. The lowest BCUT2D eigenvalue weighted by molar-refractivity contribution is 0.204. The number of nitrogen functional groups attached to an aromatic ring is 1. The minimum atomic E-state index is 0.229. The molecule has 1 aromatic rings. The molecule has 0 bridgehead atoms. The second kappa shape index (κ2) is 7.36. The van der Waals surface area contributed by atoms with E-state index in [0.717, 1.165) is 56.3 Å². The van der Waals surface area contributed by atoms with E-state index in [9.17, 15) is 0 Å². The highest BCUT2D eigenvalue weighted by molar-refractivity contribution is 5.60. The van der Waals surface area contributed by atoms with Crippen molar-refractivity contribution in [2.45, 2.75) is 13.3 Å². The van der Waals surface area contributed by atoms with E-state index in [0.29, 0.717) is 6.61 Å². The minimum Gasteiger partial charge on any atom is -0.494 e. The fourth-order valence-corrected chi connectivity index (χ4v) is 2.63. The Balaban J connectivity index is 2.07. The predicted octanol–water partition coefficient (Wildman–Crippen LogP) is 1.17. The van der Waals surface area contributed by atoms with E-state index >= 15 is 0 Å². The third-order valence-corrected chi connectivity index (χ3v) is 3.59. The largest absolute Gasteiger partial charge is 0.494 e. The van der Waals surface area contributed by atoms with Crippen molar-refractivity contribution >= 4 is 11.4 Å². The van der Waals surface area contributed by atoms with E-state index in [4.69, 9.17) is 15.6 Å². The molecular formula is C15H25N3O2. The molecule has 0 saturated carbocycles. The lowest BCUT2D eigenvalue weighted by Gasteiger charge is -2.24. The van der Waals surface area contributed by atoms with Crippen LogP contribution in [0, 0.1) is 0 Å². The van der Waals surface area contributed by atoms with E-state index in [1.54, 1.807) is 0 Å². The van der Waals surface area contributed by atoms with Crippen LogP contribution < -0.4 is 15.4 Å². The van der Waals surface area contributed by atoms with Crippen LogP contribution in [0.4, 0.5) is 11.4 Å². The molecule has 0 radical (unpaired) electrons. The van der Waals surface area contributed by atoms with Gasteiger partial charge in [-0.2, -0.15) is 0 Å². The van der Waals surface area contributed by atoms with Gasteiger partial charge >= 0.3 is 0 Å². The van der Waals surface area contributed by atoms with Crippen LogP contribution in [-0.4, -0.2) is 55.9 Å². The molecule has 0 spiro atoms. The summed E-state index contributed by atoms with van der Waals surface area (Å²) in [6, 6.07) is 5.93. The summed E-state index contributed by atoms with van der Waals surface area (Å²) in [6.07, 6.45) is 1.10. The minimum absolute atomic E-state index is 0.229. The van der Waals surface area contributed by atoms with Crippen LogP contribution >= 0.6 is 0 Å². The van der Waals surface area contributed by atoms with Gasteiger partial charge in [-0.1, -0.05) is 0 Å². The number of aliphatic hydroxyl groups is 1. The maximum atomic E-state index is 9.04. The van der Waals surface area contributed by atoms with Crippen molar-refractivity contribution in [3.63, 3.8) is 0 Å². The number of nitrogens with two attached hydrogens (primary N) is 1. The predicted molar refractivity (Wildman–Crippen MR) is 82.4 cm³/mol. The molecule has 0 atom stereocenters. The van der Waals surface area contributed by atoms with Crippen LogP contribution in [0.1, 0.15) is 13.3 Å². The summed E-state index contributed by atoms with van der Waals surface area (Å²) in [5.41, 5.74) is 7.82. The zero-order chi connectivity index (χ0) is 14.4. The number of hydrogen-bond acceptors (Lipinski definition) is 5. The van der Waals surface area contributed by atoms with Gasteiger partial charge in [-0.05, 0) is 26.0 Å². The lowest BCUT2D eigenvalue weighted by Crippen LogP contribution is -2.32. The molecular weight excluding hydrogens is 254 g/mol. The topological polar surface area (TPSA) is 62.0 Å². The number of aliphatic hydroxyl groups excluding tert-OH is 1. The Kier molecular flexibility index (Phi) is 5.49. The highest BCUT2D eigenvalue weighted by Gasteiger charge is 2.15. The van der Waals surface area contributed by atoms with Crippen LogP contribution in [0.5, 0.6) is 5.75 Å². The van der Waals surface area contributed by atoms with Crippen LogP contribution in [-0.2, 0) is 0 Å². The summed E-state index contributed by atoms with van der Waals surface area (Å²) in [5.74, 6) is 0.832. The first-order valence-corrected chi connectivity index (χ1v) is 7.34. The molecule has 2 rings (SSSR count). The number of nitrogens with zero attached hydrogens (tertiary/aromatic N) is 2. The Morgan fingerprint density at radius 3 is 2.80 bits per heavy atom. The number of anilines is 2. The van der Waals surface area contributed by atoms with Gasteiger partial charge in [-0.25, -0.2) is 0 Å². The Bertz CT molecular complexity index is 426. The maximum absolute atomic E-state index is 9.04. The van der Waals surface area contributed by atoms with Crippen LogP contribution in [0.15, 0.2) is 18.2 Å². The van der Waals surface area contributed by atoms with Gasteiger partial charge in [0.15, 0.2) is 0 Å². The number of β-amino-alcohol motifs (C(OH)–C–C–N with tert-alkyl or cyclic N) is 1. The van der Waals surface area contributed by atoms with Crippen molar-refractivity contribution in [3.8, 4) is 5.75 Å². The molecule has 3 N–H and O–H groups in total. The highest BCUT2D eigenvalue weighted by atomic mass is 16.5. The summed E-state index contributed by atoms with van der Waals surface area (Å²) < 4.78 is 5.56. The Morgan fingerprint density at radius 2 is 2.05 bits per heavy atom. The average Bonchev–Trinajstić information content (AvgIpc) is 2.65. The summed E-state index contributed by atoms with van der Waals surface area (Å²) in [6.45, 7) is 7.58. The molecule has 1 fully saturated rings. The first-order valence-electron chi connectivity index (χ1n) is 7.34. The van der Waals surface area contributed by atoms with Crippen molar-refractivity contribution in [1.29, 1.82) is 0 Å². The summed E-state index contributed by atoms with van der Waals surface area (Å²) in [7, 11) is 0. The van der Waals surface area contributed by atoms with Crippen molar-refractivity contribution < 1.29 is 9.84 Å². The molecule has 1 heterocycles. The number of hydrogen-bond donors (Lipinski definition) is 2. The summed E-state index contributed by atoms with van der Waals surface area (Å²) in [5, 5.41) is 9.04. The quantitative estimate of drug-likeness (QED) is 0.792. The van der Waals surface area contributed by atoms with E-state index in [1.165, 1.54) is 0 Å². The van der Waals surface area contributed by atoms with E-state index < -0.39 is 0 Å². The smallest absolute Gasteiger partial charge is 0.123 e. The Labute approximate surface area is 120 Å². The Morgan fingerprint density at radius 1 is 1.20 bits per heavy atom. The molecule has 5 heteroatoms. The van der Waals surface area contributed by atoms with Gasteiger partial charge in [0, 0.05) is 49.7 Å². The summed E-state index contributed by atoms with van der Waals surface area (Å²) in [4.78, 5) is 4.64. The van der Waals surface area contributed by atoms with Crippen LogP contribution in [0.2, 0.25) is 0 Å². The van der Waals surface area contributed by atoms with Gasteiger partial charge in [-0.15, -0.1) is 0 Å². The van der Waals surface area contributed by atoms with Crippen molar-refractivity contribution in [1.82, 2.24) is 4.90 Å². The van der Waals surface area contributed by atoms with Gasteiger partial charge in [0.05, 0.1) is 13.2 Å². The second-order valence-electron chi connectivity index (χ2n) is 5.10. The third-order valence-electron chi connectivity index (χ3n) is 3.59. The number of benzene rings is 1. The third kappa shape index (κ3) is 4.02. The average molecular weight is 279 g/mol. The molecule has 1 aliphatic heterocycles. The molecule has 1 aliphatic rings. The summed E-state index contributed by atoms with van der Waals surface area (Å²) >= 11 is 0. The standard InChI is InChI=1S/C15H25N3O2/c1-2-20-15-11-13(16)10-14(12-15)18-5-3-4-17(6-7-18)8-9-19/h10-12,19H,2-9,16H2,1H3. The van der Waals surface area contributed by atoms with E-state index in [1.807, 2.05) is 19.1 Å². The van der Waals surface area contributed by atoms with Crippen molar-refractivity contribution in [2.75, 3.05) is 56.6 Å². The van der Waals surface area contributed by atoms with Crippen molar-refractivity contribution in [2.24, 2.45) is 0 Å². The molecule has 1 aromatic carbocycles. The molecule has 0 amide bonds. The molecule has 5 nitrogen and oxygen atoms in total. The maximum Gasteiger partial charge on any atom is 0.123 e. The van der Waals surface area contributed by atoms with Gasteiger partial charge in [0.1, 0.15) is 5.75 Å². The first-order chi connectivity index (χ1) is 9.72. The lowest BCUT2D eigenvalue weighted by atomic mass is 10.2.